The predicted octanol–water partition coefficient (Wildman–Crippen LogP) is 3.96. The molecule has 0 bridgehead atoms. The summed E-state index contributed by atoms with van der Waals surface area (Å²) in [7, 11) is 0. The average Bonchev–Trinajstić information content (AvgIpc) is 3.04. The third-order valence-electron chi connectivity index (χ3n) is 2.70. The van der Waals surface area contributed by atoms with Crippen LogP contribution in [0, 0.1) is 0 Å². The van der Waals surface area contributed by atoms with E-state index in [1.807, 2.05) is 25.1 Å². The van der Waals surface area contributed by atoms with Gasteiger partial charge in [0.25, 0.3) is 0 Å². The number of hydrogen-bond acceptors (Lipinski definition) is 6. The highest BCUT2D eigenvalue weighted by molar-refractivity contribution is 8.03. The summed E-state index contributed by atoms with van der Waals surface area (Å²) >= 11 is 4.63. The summed E-state index contributed by atoms with van der Waals surface area (Å²) in [5, 5.41) is 11.1. The van der Waals surface area contributed by atoms with Gasteiger partial charge >= 0.3 is 0 Å². The van der Waals surface area contributed by atoms with Gasteiger partial charge in [-0.1, -0.05) is 84.3 Å². The fraction of sp³-hybridized carbons (Fsp3) is 0.312. The van der Waals surface area contributed by atoms with E-state index in [1.165, 1.54) is 28.7 Å². The lowest BCUT2D eigenvalue weighted by atomic mass is 10.2. The van der Waals surface area contributed by atoms with Crippen molar-refractivity contribution in [2.75, 3.05) is 18.1 Å². The number of benzene rings is 1. The van der Waals surface area contributed by atoms with Crippen molar-refractivity contribution in [1.29, 1.82) is 0 Å². The number of nitrogens with one attached hydrogen (secondary N) is 1. The van der Waals surface area contributed by atoms with E-state index in [2.05, 4.69) is 39.8 Å². The van der Waals surface area contributed by atoms with Crippen molar-refractivity contribution in [2.24, 2.45) is 0 Å². The molecule has 23 heavy (non-hydrogen) atoms. The third-order valence-corrected chi connectivity index (χ3v) is 5.84. The molecule has 2 rings (SSSR count). The van der Waals surface area contributed by atoms with Crippen molar-refractivity contribution in [3.05, 3.63) is 42.0 Å². The van der Waals surface area contributed by atoms with Gasteiger partial charge in [0.1, 0.15) is 0 Å². The van der Waals surface area contributed by atoms with Gasteiger partial charge in [-0.3, -0.25) is 4.79 Å². The molecular formula is C16H19N3OS3. The molecule has 4 nitrogen and oxygen atoms in total. The first-order valence-corrected chi connectivity index (χ1v) is 10.1. The maximum absolute atomic E-state index is 11.5. The molecule has 122 valence electrons. The molecule has 7 heteroatoms. The molecule has 1 N–H and O–H groups in total. The van der Waals surface area contributed by atoms with Crippen LogP contribution in [0.1, 0.15) is 18.9 Å². The summed E-state index contributed by atoms with van der Waals surface area (Å²) in [6, 6.07) is 10.2. The summed E-state index contributed by atoms with van der Waals surface area (Å²) in [5.41, 5.74) is 1.19. The smallest absolute Gasteiger partial charge is 0.230 e. The van der Waals surface area contributed by atoms with E-state index in [4.69, 9.17) is 0 Å². The fourth-order valence-corrected chi connectivity index (χ4v) is 4.31. The second-order valence-corrected chi connectivity index (χ2v) is 8.06. The van der Waals surface area contributed by atoms with E-state index in [0.717, 1.165) is 27.4 Å². The Morgan fingerprint density at radius 3 is 2.70 bits per heavy atom. The molecule has 0 radical (unpaired) electrons. The van der Waals surface area contributed by atoms with Crippen molar-refractivity contribution >= 4 is 46.8 Å². The second-order valence-electron chi connectivity index (χ2n) is 4.60. The molecule has 0 atom stereocenters. The third kappa shape index (κ3) is 7.20. The number of aromatic nitrogens is 2. The summed E-state index contributed by atoms with van der Waals surface area (Å²) in [4.78, 5) is 11.5. The van der Waals surface area contributed by atoms with Crippen LogP contribution in [0.2, 0.25) is 0 Å². The number of thioether (sulfide) groups is 2. The summed E-state index contributed by atoms with van der Waals surface area (Å²) in [6.07, 6.45) is 5.17. The highest BCUT2D eigenvalue weighted by Gasteiger charge is 2.07. The Kier molecular flexibility index (Phi) is 8.20. The molecule has 1 aromatic heterocycles. The first kappa shape index (κ1) is 18.0. The lowest BCUT2D eigenvalue weighted by Crippen LogP contribution is -2.25. The van der Waals surface area contributed by atoms with E-state index in [-0.39, 0.29) is 5.91 Å². The van der Waals surface area contributed by atoms with Crippen LogP contribution in [-0.2, 0) is 4.79 Å². The van der Waals surface area contributed by atoms with Gasteiger partial charge in [0.2, 0.25) is 5.91 Å². The molecule has 2 aromatic rings. The van der Waals surface area contributed by atoms with Crippen LogP contribution in [0.4, 0.5) is 0 Å². The number of carbonyl (C=O) groups is 1. The van der Waals surface area contributed by atoms with Crippen LogP contribution in [0.3, 0.4) is 0 Å². The zero-order chi connectivity index (χ0) is 16.3. The Labute approximate surface area is 149 Å². The Bertz CT molecular complexity index is 629. The lowest BCUT2D eigenvalue weighted by molar-refractivity contribution is -0.118. The zero-order valence-corrected chi connectivity index (χ0v) is 15.3. The molecule has 0 saturated carbocycles. The Morgan fingerprint density at radius 2 is 1.96 bits per heavy atom. The van der Waals surface area contributed by atoms with Gasteiger partial charge in [0, 0.05) is 12.3 Å². The Balaban J connectivity index is 1.70. The van der Waals surface area contributed by atoms with Gasteiger partial charge in [-0.15, -0.1) is 10.2 Å². The van der Waals surface area contributed by atoms with Crippen molar-refractivity contribution in [3.8, 4) is 0 Å². The minimum atomic E-state index is 0.0482. The molecule has 0 aliphatic carbocycles. The molecule has 0 fully saturated rings. The lowest BCUT2D eigenvalue weighted by Gasteiger charge is -2.00. The maximum Gasteiger partial charge on any atom is 0.230 e. The number of hydrogen-bond donors (Lipinski definition) is 1. The van der Waals surface area contributed by atoms with Crippen molar-refractivity contribution in [3.63, 3.8) is 0 Å². The molecule has 0 spiro atoms. The second kappa shape index (κ2) is 10.5. The van der Waals surface area contributed by atoms with Crippen LogP contribution in [0.5, 0.6) is 0 Å². The van der Waals surface area contributed by atoms with Gasteiger partial charge < -0.3 is 5.32 Å². The topological polar surface area (TPSA) is 54.9 Å². The van der Waals surface area contributed by atoms with Gasteiger partial charge in [0.05, 0.1) is 5.75 Å². The van der Waals surface area contributed by atoms with Gasteiger partial charge in [-0.05, 0) is 12.0 Å². The number of nitrogens with zero attached hydrogens (tertiary/aromatic N) is 2. The quantitative estimate of drug-likeness (QED) is 0.682. The minimum Gasteiger partial charge on any atom is -0.355 e. The molecule has 1 heterocycles. The largest absolute Gasteiger partial charge is 0.355 e. The minimum absolute atomic E-state index is 0.0482. The normalized spacial score (nSPS) is 11.0. The number of rotatable bonds is 9. The summed E-state index contributed by atoms with van der Waals surface area (Å²) < 4.78 is 1.77. The van der Waals surface area contributed by atoms with E-state index < -0.39 is 0 Å². The van der Waals surface area contributed by atoms with E-state index in [0.29, 0.717) is 5.75 Å². The van der Waals surface area contributed by atoms with E-state index in [1.54, 1.807) is 11.8 Å². The molecule has 0 unspecified atom stereocenters. The van der Waals surface area contributed by atoms with Gasteiger partial charge in [-0.25, -0.2) is 0 Å². The highest BCUT2D eigenvalue weighted by Crippen LogP contribution is 2.28. The molecule has 1 amide bonds. The van der Waals surface area contributed by atoms with Gasteiger partial charge in [-0.2, -0.15) is 0 Å². The van der Waals surface area contributed by atoms with Crippen LogP contribution >= 0.6 is 34.9 Å². The Hall–Kier alpha value is -1.31. The zero-order valence-electron chi connectivity index (χ0n) is 12.9. The maximum atomic E-state index is 11.5. The summed E-state index contributed by atoms with van der Waals surface area (Å²) in [5.74, 6) is 1.30. The highest BCUT2D eigenvalue weighted by atomic mass is 32.2. The molecule has 0 saturated heterocycles. The van der Waals surface area contributed by atoms with Crippen LogP contribution in [0.15, 0.2) is 45.1 Å². The average molecular weight is 366 g/mol. The van der Waals surface area contributed by atoms with Crippen molar-refractivity contribution in [2.45, 2.75) is 22.0 Å². The standard InChI is InChI=1S/C16H19N3OS3/c1-2-10-17-14(20)12-22-16-19-18-15(23-16)21-11-6-9-13-7-4-3-5-8-13/h3-9H,2,10-12H2,1H3,(H,17,20)/b9-6+. The van der Waals surface area contributed by atoms with Crippen molar-refractivity contribution < 1.29 is 4.79 Å². The van der Waals surface area contributed by atoms with E-state index >= 15 is 0 Å². The first-order chi connectivity index (χ1) is 11.3. The van der Waals surface area contributed by atoms with Crippen LogP contribution in [-0.4, -0.2) is 34.2 Å². The SMILES string of the molecule is CCCNC(=O)CSc1nnc(SC/C=C/c2ccccc2)s1. The summed E-state index contributed by atoms with van der Waals surface area (Å²) in [6.45, 7) is 2.76. The van der Waals surface area contributed by atoms with E-state index in [9.17, 15) is 4.79 Å². The van der Waals surface area contributed by atoms with Crippen molar-refractivity contribution in [1.82, 2.24) is 15.5 Å². The fourth-order valence-electron chi connectivity index (χ4n) is 1.62. The molecular weight excluding hydrogens is 346 g/mol. The first-order valence-electron chi connectivity index (χ1n) is 7.35. The predicted molar refractivity (Wildman–Crippen MR) is 100 cm³/mol. The van der Waals surface area contributed by atoms with Crippen LogP contribution in [0.25, 0.3) is 6.08 Å². The molecule has 0 aliphatic heterocycles. The number of carbonyl (C=O) groups excluding carboxylic acids is 1. The Morgan fingerprint density at radius 1 is 1.22 bits per heavy atom. The molecule has 0 aliphatic rings. The monoisotopic (exact) mass is 365 g/mol. The van der Waals surface area contributed by atoms with Crippen LogP contribution < -0.4 is 5.32 Å². The number of amides is 1. The molecule has 1 aromatic carbocycles. The van der Waals surface area contributed by atoms with Gasteiger partial charge in [0.15, 0.2) is 8.68 Å².